The lowest BCUT2D eigenvalue weighted by Crippen LogP contribution is -1.92. The molecule has 0 bridgehead atoms. The summed E-state index contributed by atoms with van der Waals surface area (Å²) in [6, 6.07) is 13.6. The Morgan fingerprint density at radius 1 is 1.15 bits per heavy atom. The molecule has 1 aromatic heterocycles. The van der Waals surface area contributed by atoms with Crippen molar-refractivity contribution in [3.05, 3.63) is 53.2 Å². The maximum Gasteiger partial charge on any atom is 0.247 e. The van der Waals surface area contributed by atoms with Crippen LogP contribution >= 0.6 is 12.0 Å². The Morgan fingerprint density at radius 3 is 2.45 bits per heavy atom. The summed E-state index contributed by atoms with van der Waals surface area (Å²) in [7, 11) is 0. The van der Waals surface area contributed by atoms with Crippen LogP contribution in [0.15, 0.2) is 36.4 Å². The van der Waals surface area contributed by atoms with Gasteiger partial charge in [0.2, 0.25) is 5.88 Å². The normalized spacial score (nSPS) is 10.3. The predicted octanol–water partition coefficient (Wildman–Crippen LogP) is 3.70. The van der Waals surface area contributed by atoms with Crippen LogP contribution in [0.4, 0.5) is 0 Å². The summed E-state index contributed by atoms with van der Waals surface area (Å²) >= 11 is 1.30. The van der Waals surface area contributed by atoms with Crippen LogP contribution in [-0.2, 0) is 5.75 Å². The lowest BCUT2D eigenvalue weighted by Gasteiger charge is -2.06. The summed E-state index contributed by atoms with van der Waals surface area (Å²) in [5.41, 5.74) is 2.81. The molecule has 0 aliphatic carbocycles. The van der Waals surface area contributed by atoms with E-state index in [-0.39, 0.29) is 5.69 Å². The quantitative estimate of drug-likeness (QED) is 0.784. The van der Waals surface area contributed by atoms with Gasteiger partial charge in [-0.2, -0.15) is 5.26 Å². The molecular formula is C15H15N3OS. The summed E-state index contributed by atoms with van der Waals surface area (Å²) in [5.74, 6) is 1.69. The van der Waals surface area contributed by atoms with Crippen molar-refractivity contribution in [2.75, 3.05) is 0 Å². The van der Waals surface area contributed by atoms with Gasteiger partial charge in [0.25, 0.3) is 0 Å². The van der Waals surface area contributed by atoms with Gasteiger partial charge < -0.3 is 4.18 Å². The van der Waals surface area contributed by atoms with E-state index in [2.05, 4.69) is 48.3 Å². The first-order valence-corrected chi connectivity index (χ1v) is 7.22. The number of aromatic nitrogens is 2. The maximum atomic E-state index is 8.62. The molecule has 0 atom stereocenters. The van der Waals surface area contributed by atoms with Gasteiger partial charge in [0.1, 0.15) is 6.07 Å². The molecule has 1 aromatic carbocycles. The van der Waals surface area contributed by atoms with Gasteiger partial charge in [-0.15, -0.1) is 10.2 Å². The molecule has 1 heterocycles. The molecule has 102 valence electrons. The van der Waals surface area contributed by atoms with Crippen LogP contribution in [0.5, 0.6) is 5.88 Å². The average Bonchev–Trinajstić information content (AvgIpc) is 2.48. The van der Waals surface area contributed by atoms with E-state index in [4.69, 9.17) is 9.44 Å². The van der Waals surface area contributed by atoms with Crippen molar-refractivity contribution >= 4 is 12.0 Å². The van der Waals surface area contributed by atoms with Crippen LogP contribution in [0, 0.1) is 11.3 Å². The van der Waals surface area contributed by atoms with Crippen molar-refractivity contribution in [3.63, 3.8) is 0 Å². The van der Waals surface area contributed by atoms with E-state index in [9.17, 15) is 0 Å². The highest BCUT2D eigenvalue weighted by molar-refractivity contribution is 7.94. The minimum Gasteiger partial charge on any atom is -0.404 e. The van der Waals surface area contributed by atoms with Crippen molar-refractivity contribution in [2.45, 2.75) is 25.5 Å². The summed E-state index contributed by atoms with van der Waals surface area (Å²) in [4.78, 5) is 0. The molecule has 0 saturated heterocycles. The van der Waals surface area contributed by atoms with Crippen LogP contribution in [0.3, 0.4) is 0 Å². The molecule has 0 fully saturated rings. The number of hydrogen-bond acceptors (Lipinski definition) is 5. The molecule has 0 aliphatic rings. The Kier molecular flexibility index (Phi) is 4.97. The van der Waals surface area contributed by atoms with Gasteiger partial charge in [-0.3, -0.25) is 0 Å². The van der Waals surface area contributed by atoms with Gasteiger partial charge in [-0.25, -0.2) is 0 Å². The van der Waals surface area contributed by atoms with E-state index in [1.54, 1.807) is 12.1 Å². The second-order valence-electron chi connectivity index (χ2n) is 4.61. The van der Waals surface area contributed by atoms with Crippen molar-refractivity contribution in [3.8, 4) is 11.9 Å². The number of rotatable bonds is 5. The van der Waals surface area contributed by atoms with Crippen molar-refractivity contribution < 1.29 is 4.18 Å². The molecule has 20 heavy (non-hydrogen) atoms. The van der Waals surface area contributed by atoms with Gasteiger partial charge >= 0.3 is 0 Å². The van der Waals surface area contributed by atoms with E-state index < -0.39 is 0 Å². The van der Waals surface area contributed by atoms with E-state index in [0.29, 0.717) is 11.8 Å². The Bertz CT molecular complexity index is 588. The van der Waals surface area contributed by atoms with Gasteiger partial charge in [-0.05, 0) is 23.1 Å². The van der Waals surface area contributed by atoms with Crippen LogP contribution < -0.4 is 4.18 Å². The molecule has 2 aromatic rings. The van der Waals surface area contributed by atoms with Gasteiger partial charge in [-0.1, -0.05) is 38.1 Å². The number of benzene rings is 1. The first kappa shape index (κ1) is 14.4. The minimum atomic E-state index is 0.284. The highest BCUT2D eigenvalue weighted by Gasteiger charge is 2.02. The SMILES string of the molecule is CC(C)c1ccc(CSOc2ccc(C#N)nn2)cc1. The van der Waals surface area contributed by atoms with E-state index in [1.165, 1.54) is 23.2 Å². The largest absolute Gasteiger partial charge is 0.404 e. The zero-order valence-corrected chi connectivity index (χ0v) is 12.2. The van der Waals surface area contributed by atoms with Crippen LogP contribution in [0.25, 0.3) is 0 Å². The zero-order chi connectivity index (χ0) is 14.4. The summed E-state index contributed by atoms with van der Waals surface area (Å²) in [6.45, 7) is 4.35. The fourth-order valence-electron chi connectivity index (χ4n) is 1.58. The second kappa shape index (κ2) is 6.92. The third-order valence-corrected chi connectivity index (χ3v) is 3.51. The van der Waals surface area contributed by atoms with Crippen molar-refractivity contribution in [1.29, 1.82) is 5.26 Å². The van der Waals surface area contributed by atoms with Crippen molar-refractivity contribution in [2.24, 2.45) is 0 Å². The van der Waals surface area contributed by atoms with E-state index in [1.807, 2.05) is 6.07 Å². The Morgan fingerprint density at radius 2 is 1.90 bits per heavy atom. The average molecular weight is 285 g/mol. The monoisotopic (exact) mass is 285 g/mol. The molecular weight excluding hydrogens is 270 g/mol. The fourth-order valence-corrected chi connectivity index (χ4v) is 2.18. The molecule has 0 unspecified atom stereocenters. The van der Waals surface area contributed by atoms with Crippen LogP contribution in [-0.4, -0.2) is 10.2 Å². The van der Waals surface area contributed by atoms with Gasteiger partial charge in [0, 0.05) is 6.07 Å². The highest BCUT2D eigenvalue weighted by atomic mass is 32.2. The predicted molar refractivity (Wildman–Crippen MR) is 79.2 cm³/mol. The second-order valence-corrected chi connectivity index (χ2v) is 5.30. The fraction of sp³-hybridized carbons (Fsp3) is 0.267. The summed E-state index contributed by atoms with van der Waals surface area (Å²) in [6.07, 6.45) is 0. The summed E-state index contributed by atoms with van der Waals surface area (Å²) in [5, 5.41) is 16.1. The van der Waals surface area contributed by atoms with E-state index in [0.717, 1.165) is 5.75 Å². The lowest BCUT2D eigenvalue weighted by atomic mass is 10.0. The molecule has 0 aliphatic heterocycles. The third kappa shape index (κ3) is 3.97. The molecule has 0 saturated carbocycles. The topological polar surface area (TPSA) is 58.8 Å². The molecule has 4 nitrogen and oxygen atoms in total. The van der Waals surface area contributed by atoms with Gasteiger partial charge in [0.15, 0.2) is 5.69 Å². The van der Waals surface area contributed by atoms with Crippen LogP contribution in [0.2, 0.25) is 0 Å². The molecule has 0 spiro atoms. The summed E-state index contributed by atoms with van der Waals surface area (Å²) < 4.78 is 5.42. The lowest BCUT2D eigenvalue weighted by molar-refractivity contribution is 0.599. The molecule has 0 N–H and O–H groups in total. The molecule has 0 radical (unpaired) electrons. The number of hydrogen-bond donors (Lipinski definition) is 0. The Balaban J connectivity index is 1.84. The molecule has 0 amide bonds. The Labute approximate surface area is 123 Å². The third-order valence-electron chi connectivity index (χ3n) is 2.77. The first-order chi connectivity index (χ1) is 9.69. The smallest absolute Gasteiger partial charge is 0.247 e. The Hall–Kier alpha value is -2.06. The van der Waals surface area contributed by atoms with Crippen LogP contribution in [0.1, 0.15) is 36.6 Å². The highest BCUT2D eigenvalue weighted by Crippen LogP contribution is 2.19. The number of nitrogens with zero attached hydrogens (tertiary/aromatic N) is 3. The van der Waals surface area contributed by atoms with Crippen molar-refractivity contribution in [1.82, 2.24) is 10.2 Å². The first-order valence-electron chi connectivity index (χ1n) is 6.31. The minimum absolute atomic E-state index is 0.284. The number of nitriles is 1. The van der Waals surface area contributed by atoms with Gasteiger partial charge in [0.05, 0.1) is 17.8 Å². The maximum absolute atomic E-state index is 8.62. The zero-order valence-electron chi connectivity index (χ0n) is 11.4. The van der Waals surface area contributed by atoms with E-state index >= 15 is 0 Å². The standard InChI is InChI=1S/C15H15N3OS/c1-11(2)13-5-3-12(4-6-13)10-20-19-15-8-7-14(9-16)17-18-15/h3-8,11H,10H2,1-2H3. The molecule has 2 rings (SSSR count). The molecule has 5 heteroatoms.